The van der Waals surface area contributed by atoms with Crippen LogP contribution in [0.4, 0.5) is 0 Å². The largest absolute Gasteiger partial charge is 0.388 e. The van der Waals surface area contributed by atoms with Crippen LogP contribution in [-0.4, -0.2) is 11.2 Å². The van der Waals surface area contributed by atoms with Crippen LogP contribution in [0, 0.1) is 34.5 Å². The number of aliphatic hydroxyl groups is 1. The molecule has 0 bridgehead atoms. The first kappa shape index (κ1) is 19.4. The fourth-order valence-corrected chi connectivity index (χ4v) is 8.52. The maximum Gasteiger partial charge on any atom is 0.0809 e. The molecule has 4 aliphatic carbocycles. The van der Waals surface area contributed by atoms with Gasteiger partial charge in [-0.1, -0.05) is 60.8 Å². The Kier molecular flexibility index (Phi) is 4.83. The summed E-state index contributed by atoms with van der Waals surface area (Å²) < 4.78 is 1.11. The van der Waals surface area contributed by atoms with Crippen LogP contribution < -0.4 is 0 Å². The third-order valence-electron chi connectivity index (χ3n) is 9.65. The molecular weight excluding hydrogens is 408 g/mol. The fourth-order valence-electron chi connectivity index (χ4n) is 8.10. The normalized spacial score (nSPS) is 46.7. The van der Waals surface area contributed by atoms with Gasteiger partial charge in [-0.25, -0.2) is 0 Å². The maximum absolute atomic E-state index is 11.4. The molecule has 5 rings (SSSR count). The highest BCUT2D eigenvalue weighted by molar-refractivity contribution is 9.10. The number of aliphatic hydroxyl groups excluding tert-OH is 1. The molecule has 1 N–H and O–H groups in total. The number of hydrogen-bond donors (Lipinski definition) is 1. The molecular formula is C26H35BrO. The van der Waals surface area contributed by atoms with Gasteiger partial charge >= 0.3 is 0 Å². The van der Waals surface area contributed by atoms with Crippen molar-refractivity contribution in [1.82, 2.24) is 0 Å². The smallest absolute Gasteiger partial charge is 0.0809 e. The second-order valence-electron chi connectivity index (χ2n) is 10.8. The molecule has 0 spiro atoms. The highest BCUT2D eigenvalue weighted by atomic mass is 79.9. The monoisotopic (exact) mass is 442 g/mol. The van der Waals surface area contributed by atoms with Crippen LogP contribution in [-0.2, 0) is 0 Å². The van der Waals surface area contributed by atoms with Crippen molar-refractivity contribution in [3.05, 3.63) is 39.9 Å². The number of halogens is 1. The second-order valence-corrected chi connectivity index (χ2v) is 11.7. The molecule has 0 aliphatic heterocycles. The van der Waals surface area contributed by atoms with Crippen molar-refractivity contribution >= 4 is 22.0 Å². The van der Waals surface area contributed by atoms with Crippen molar-refractivity contribution < 1.29 is 5.11 Å². The highest BCUT2D eigenvalue weighted by Gasteiger charge is 2.60. The summed E-state index contributed by atoms with van der Waals surface area (Å²) in [4.78, 5) is 0. The lowest BCUT2D eigenvalue weighted by atomic mass is 9.45. The van der Waals surface area contributed by atoms with E-state index in [0.29, 0.717) is 11.3 Å². The van der Waals surface area contributed by atoms with Crippen molar-refractivity contribution in [2.45, 2.75) is 77.7 Å². The molecule has 4 saturated carbocycles. The van der Waals surface area contributed by atoms with Gasteiger partial charge in [0, 0.05) is 9.89 Å². The zero-order valence-corrected chi connectivity index (χ0v) is 19.0. The topological polar surface area (TPSA) is 20.2 Å². The van der Waals surface area contributed by atoms with Gasteiger partial charge in [0.1, 0.15) is 0 Å². The van der Waals surface area contributed by atoms with Gasteiger partial charge in [0.25, 0.3) is 0 Å². The molecule has 1 nitrogen and oxygen atoms in total. The van der Waals surface area contributed by atoms with Crippen molar-refractivity contribution in [2.75, 3.05) is 0 Å². The zero-order valence-electron chi connectivity index (χ0n) is 17.5. The fraction of sp³-hybridized carbons (Fsp3) is 0.692. The lowest BCUT2D eigenvalue weighted by molar-refractivity contribution is -0.119. The molecule has 0 radical (unpaired) electrons. The van der Waals surface area contributed by atoms with Crippen LogP contribution >= 0.6 is 15.9 Å². The van der Waals surface area contributed by atoms with Crippen molar-refractivity contribution in [3.8, 4) is 0 Å². The van der Waals surface area contributed by atoms with E-state index in [2.05, 4.69) is 60.1 Å². The van der Waals surface area contributed by atoms with E-state index in [1.807, 2.05) is 0 Å². The average molecular weight is 443 g/mol. The number of hydrogen-bond acceptors (Lipinski definition) is 1. The molecule has 0 saturated heterocycles. The summed E-state index contributed by atoms with van der Waals surface area (Å²) in [6, 6.07) is 8.49. The first-order chi connectivity index (χ1) is 13.4. The molecule has 0 amide bonds. The van der Waals surface area contributed by atoms with E-state index in [9.17, 15) is 5.11 Å². The Morgan fingerprint density at radius 1 is 1.00 bits per heavy atom. The summed E-state index contributed by atoms with van der Waals surface area (Å²) in [5.74, 6) is 3.34. The minimum atomic E-state index is -0.269. The molecule has 0 aromatic heterocycles. The zero-order chi connectivity index (χ0) is 19.5. The van der Waals surface area contributed by atoms with Gasteiger partial charge in [0.15, 0.2) is 0 Å². The number of fused-ring (bicyclic) bond motifs is 5. The minimum Gasteiger partial charge on any atom is -0.388 e. The minimum absolute atomic E-state index is 0.0802. The van der Waals surface area contributed by atoms with Gasteiger partial charge in [-0.2, -0.15) is 0 Å². The predicted octanol–water partition coefficient (Wildman–Crippen LogP) is 7.24. The molecule has 7 atom stereocenters. The Morgan fingerprint density at radius 2 is 1.86 bits per heavy atom. The summed E-state index contributed by atoms with van der Waals surface area (Å²) in [5.41, 5.74) is 3.15. The predicted molar refractivity (Wildman–Crippen MR) is 120 cm³/mol. The SMILES string of the molecule is C[C@]12CCC3C(CC[C@H]4CCCC[C@]34C)C1C/C(=C\c1cccc(Br)c1)C2O. The Morgan fingerprint density at radius 3 is 2.68 bits per heavy atom. The van der Waals surface area contributed by atoms with Gasteiger partial charge in [0.05, 0.1) is 6.10 Å². The van der Waals surface area contributed by atoms with Crippen molar-refractivity contribution in [2.24, 2.45) is 34.5 Å². The third kappa shape index (κ3) is 2.88. The maximum atomic E-state index is 11.4. The summed E-state index contributed by atoms with van der Waals surface area (Å²) in [7, 11) is 0. The summed E-state index contributed by atoms with van der Waals surface area (Å²) in [5, 5.41) is 11.4. The quantitative estimate of drug-likeness (QED) is 0.485. The van der Waals surface area contributed by atoms with Crippen LogP contribution in [0.1, 0.15) is 77.2 Å². The van der Waals surface area contributed by atoms with E-state index in [1.54, 1.807) is 0 Å². The van der Waals surface area contributed by atoms with Gasteiger partial charge < -0.3 is 5.11 Å². The van der Waals surface area contributed by atoms with Crippen molar-refractivity contribution in [1.29, 1.82) is 0 Å². The Balaban J connectivity index is 1.46. The molecule has 28 heavy (non-hydrogen) atoms. The Hall–Kier alpha value is -0.600. The molecule has 4 aliphatic rings. The van der Waals surface area contributed by atoms with E-state index < -0.39 is 0 Å². The van der Waals surface area contributed by atoms with E-state index in [4.69, 9.17) is 0 Å². The van der Waals surface area contributed by atoms with Crippen LogP contribution in [0.2, 0.25) is 0 Å². The molecule has 0 heterocycles. The molecule has 152 valence electrons. The second kappa shape index (κ2) is 6.98. The molecule has 4 unspecified atom stereocenters. The van der Waals surface area contributed by atoms with Gasteiger partial charge in [-0.3, -0.25) is 0 Å². The molecule has 1 aromatic carbocycles. The number of benzene rings is 1. The standard InChI is InChI=1S/C26H35BrO/c1-25-12-4-3-7-19(25)9-10-21-22(25)11-13-26(2)23(21)16-18(24(26)28)14-17-6-5-8-20(27)15-17/h5-6,8,14-15,19,21-24,28H,3-4,7,9-13,16H2,1-2H3/b18-14+/t19-,21?,22?,23?,24?,25+,26+/m1/s1. The van der Waals surface area contributed by atoms with Gasteiger partial charge in [-0.05, 0) is 97.3 Å². The van der Waals surface area contributed by atoms with Crippen LogP contribution in [0.15, 0.2) is 34.3 Å². The van der Waals surface area contributed by atoms with Crippen LogP contribution in [0.3, 0.4) is 0 Å². The lowest BCUT2D eigenvalue weighted by Gasteiger charge is -2.60. The third-order valence-corrected chi connectivity index (χ3v) is 10.1. The van der Waals surface area contributed by atoms with E-state index in [0.717, 1.165) is 28.6 Å². The van der Waals surface area contributed by atoms with E-state index >= 15 is 0 Å². The molecule has 2 heteroatoms. The summed E-state index contributed by atoms with van der Waals surface area (Å²) in [6.07, 6.45) is 14.3. The summed E-state index contributed by atoms with van der Waals surface area (Å²) >= 11 is 3.59. The average Bonchev–Trinajstić information content (AvgIpc) is 2.92. The van der Waals surface area contributed by atoms with Crippen LogP contribution in [0.25, 0.3) is 6.08 Å². The number of rotatable bonds is 1. The molecule has 4 fully saturated rings. The van der Waals surface area contributed by atoms with Crippen LogP contribution in [0.5, 0.6) is 0 Å². The van der Waals surface area contributed by atoms with Gasteiger partial charge in [-0.15, -0.1) is 0 Å². The Labute approximate surface area is 179 Å². The molecule has 1 aromatic rings. The van der Waals surface area contributed by atoms with E-state index in [-0.39, 0.29) is 11.5 Å². The lowest BCUT2D eigenvalue weighted by Crippen LogP contribution is -2.53. The Bertz CT molecular complexity index is 784. The first-order valence-corrected chi connectivity index (χ1v) is 12.4. The summed E-state index contributed by atoms with van der Waals surface area (Å²) in [6.45, 7) is 5.04. The van der Waals surface area contributed by atoms with E-state index in [1.165, 1.54) is 62.5 Å². The van der Waals surface area contributed by atoms with Crippen molar-refractivity contribution in [3.63, 3.8) is 0 Å². The van der Waals surface area contributed by atoms with Gasteiger partial charge in [0.2, 0.25) is 0 Å². The first-order valence-electron chi connectivity index (χ1n) is 11.6. The highest BCUT2D eigenvalue weighted by Crippen LogP contribution is 2.67.